The van der Waals surface area contributed by atoms with Gasteiger partial charge in [-0.15, -0.1) is 0 Å². The van der Waals surface area contributed by atoms with Crippen LogP contribution in [0.15, 0.2) is 18.2 Å². The Morgan fingerprint density at radius 1 is 1.21 bits per heavy atom. The van der Waals surface area contributed by atoms with Gasteiger partial charge in [-0.1, -0.05) is 28.9 Å². The molecule has 4 aliphatic rings. The number of aromatic hydroxyl groups is 1. The predicted octanol–water partition coefficient (Wildman–Crippen LogP) is 4.36. The van der Waals surface area contributed by atoms with Crippen molar-refractivity contribution in [3.05, 3.63) is 29.3 Å². The Hall–Kier alpha value is -0.580. The molecule has 3 aliphatic carbocycles. The van der Waals surface area contributed by atoms with Crippen LogP contribution in [0.2, 0.25) is 0 Å². The predicted molar refractivity (Wildman–Crippen MR) is 95.5 cm³/mol. The van der Waals surface area contributed by atoms with Gasteiger partial charge in [0, 0.05) is 5.41 Å². The quantitative estimate of drug-likeness (QED) is 0.666. The highest BCUT2D eigenvalue weighted by Gasteiger charge is 2.68. The van der Waals surface area contributed by atoms with Gasteiger partial charge >= 0.3 is 0 Å². The number of phenolic OH excluding ortho intramolecular Hbond substituents is 1. The van der Waals surface area contributed by atoms with Gasteiger partial charge in [0.15, 0.2) is 5.79 Å². The lowest BCUT2D eigenvalue weighted by molar-refractivity contribution is -0.233. The zero-order valence-electron chi connectivity index (χ0n) is 14.1. The van der Waals surface area contributed by atoms with Crippen molar-refractivity contribution in [1.82, 2.24) is 0 Å². The molecule has 0 radical (unpaired) electrons. The Morgan fingerprint density at radius 2 is 2.00 bits per heavy atom. The lowest BCUT2D eigenvalue weighted by atomic mass is 9.55. The van der Waals surface area contributed by atoms with Crippen molar-refractivity contribution in [1.29, 1.82) is 0 Å². The molecule has 5 atom stereocenters. The van der Waals surface area contributed by atoms with E-state index in [2.05, 4.69) is 28.9 Å². The second-order valence-corrected chi connectivity index (χ2v) is 9.43. The van der Waals surface area contributed by atoms with Crippen molar-refractivity contribution >= 4 is 15.9 Å². The number of hydrogen-bond acceptors (Lipinski definition) is 3. The van der Waals surface area contributed by atoms with Crippen molar-refractivity contribution in [2.45, 2.75) is 55.6 Å². The fraction of sp³-hybridized carbons (Fsp3) is 0.700. The van der Waals surface area contributed by atoms with E-state index in [1.807, 2.05) is 12.1 Å². The molecule has 3 nitrogen and oxygen atoms in total. The van der Waals surface area contributed by atoms with E-state index < -0.39 is 5.79 Å². The van der Waals surface area contributed by atoms with E-state index in [0.717, 1.165) is 32.5 Å². The zero-order valence-corrected chi connectivity index (χ0v) is 15.7. The SMILES string of the molecule is C[C@@]12CC[C@H]3c4ccc(O)cc4CC[C@@H]3[C@@H]1C[C@@H](Br)C21OCCO1. The molecule has 1 N–H and O–H groups in total. The van der Waals surface area contributed by atoms with Gasteiger partial charge in [-0.25, -0.2) is 0 Å². The van der Waals surface area contributed by atoms with Crippen LogP contribution in [0.1, 0.15) is 49.7 Å². The third-order valence-corrected chi connectivity index (χ3v) is 8.46. The minimum absolute atomic E-state index is 0.104. The Balaban J connectivity index is 1.53. The summed E-state index contributed by atoms with van der Waals surface area (Å²) in [4.78, 5) is 0.294. The summed E-state index contributed by atoms with van der Waals surface area (Å²) < 4.78 is 12.5. The molecule has 5 rings (SSSR count). The Labute approximate surface area is 151 Å². The number of phenols is 1. The van der Waals surface area contributed by atoms with E-state index in [1.165, 1.54) is 24.0 Å². The van der Waals surface area contributed by atoms with Crippen LogP contribution in [0.25, 0.3) is 0 Å². The van der Waals surface area contributed by atoms with Crippen LogP contribution in [-0.4, -0.2) is 28.9 Å². The molecule has 4 heteroatoms. The van der Waals surface area contributed by atoms with E-state index in [-0.39, 0.29) is 5.41 Å². The molecule has 130 valence electrons. The molecule has 0 amide bonds. The van der Waals surface area contributed by atoms with E-state index in [1.54, 1.807) is 0 Å². The zero-order chi connectivity index (χ0) is 16.5. The number of halogens is 1. The van der Waals surface area contributed by atoms with Crippen LogP contribution in [0, 0.1) is 17.3 Å². The maximum Gasteiger partial charge on any atom is 0.186 e. The summed E-state index contributed by atoms with van der Waals surface area (Å²) in [5.41, 5.74) is 2.94. The molecule has 1 aromatic carbocycles. The maximum absolute atomic E-state index is 9.81. The number of hydrogen-bond donors (Lipinski definition) is 1. The minimum Gasteiger partial charge on any atom is -0.508 e. The Kier molecular flexibility index (Phi) is 3.40. The molecule has 24 heavy (non-hydrogen) atoms. The van der Waals surface area contributed by atoms with Crippen LogP contribution < -0.4 is 0 Å². The van der Waals surface area contributed by atoms with Gasteiger partial charge in [-0.3, -0.25) is 0 Å². The number of alkyl halides is 1. The lowest BCUT2D eigenvalue weighted by Crippen LogP contribution is -2.53. The first kappa shape index (κ1) is 15.7. The van der Waals surface area contributed by atoms with Crippen LogP contribution in [0.5, 0.6) is 5.75 Å². The van der Waals surface area contributed by atoms with Crippen molar-refractivity contribution in [2.75, 3.05) is 13.2 Å². The average Bonchev–Trinajstić information content (AvgIpc) is 3.15. The van der Waals surface area contributed by atoms with Gasteiger partial charge in [-0.2, -0.15) is 0 Å². The minimum atomic E-state index is -0.419. The van der Waals surface area contributed by atoms with Gasteiger partial charge in [0.25, 0.3) is 0 Å². The van der Waals surface area contributed by atoms with E-state index in [4.69, 9.17) is 9.47 Å². The maximum atomic E-state index is 9.81. The topological polar surface area (TPSA) is 38.7 Å². The summed E-state index contributed by atoms with van der Waals surface area (Å²) in [7, 11) is 0. The highest BCUT2D eigenvalue weighted by molar-refractivity contribution is 9.09. The first-order valence-electron chi connectivity index (χ1n) is 9.29. The first-order valence-corrected chi connectivity index (χ1v) is 10.2. The molecular weight excluding hydrogens is 368 g/mol. The normalized spacial score (nSPS) is 42.6. The van der Waals surface area contributed by atoms with Crippen molar-refractivity contribution in [3.8, 4) is 5.75 Å². The van der Waals surface area contributed by atoms with Crippen LogP contribution in [0.4, 0.5) is 0 Å². The number of aryl methyl sites for hydroxylation is 1. The molecular formula is C20H25BrO3. The fourth-order valence-electron chi connectivity index (χ4n) is 6.43. The highest BCUT2D eigenvalue weighted by atomic mass is 79.9. The molecule has 0 aromatic heterocycles. The van der Waals surface area contributed by atoms with E-state index in [0.29, 0.717) is 28.3 Å². The number of rotatable bonds is 0. The monoisotopic (exact) mass is 392 g/mol. The highest BCUT2D eigenvalue weighted by Crippen LogP contribution is 2.67. The summed E-state index contributed by atoms with van der Waals surface area (Å²) in [6.45, 7) is 3.86. The number of benzene rings is 1. The standard InChI is InChI=1S/C20H25BrO3/c1-19-7-6-15-14-5-3-13(22)10-12(14)2-4-16(15)17(19)11-18(21)20(19)23-8-9-24-20/h3,5,10,15-18,22H,2,4,6-9,11H2,1H3/t15-,16-,17-,18+,19+/m0/s1. The summed E-state index contributed by atoms with van der Waals surface area (Å²) in [6, 6.07) is 6.01. The summed E-state index contributed by atoms with van der Waals surface area (Å²) >= 11 is 3.92. The molecule has 1 saturated heterocycles. The first-order chi connectivity index (χ1) is 11.6. The van der Waals surface area contributed by atoms with Crippen molar-refractivity contribution in [3.63, 3.8) is 0 Å². The molecule has 1 spiro atoms. The molecule has 2 saturated carbocycles. The smallest absolute Gasteiger partial charge is 0.186 e. The molecule has 1 heterocycles. The van der Waals surface area contributed by atoms with Crippen LogP contribution in [0.3, 0.4) is 0 Å². The van der Waals surface area contributed by atoms with Gasteiger partial charge in [0.05, 0.1) is 18.0 Å². The fourth-order valence-corrected chi connectivity index (χ4v) is 7.62. The molecule has 0 bridgehead atoms. The van der Waals surface area contributed by atoms with Crippen molar-refractivity contribution in [2.24, 2.45) is 17.3 Å². The van der Waals surface area contributed by atoms with Crippen molar-refractivity contribution < 1.29 is 14.6 Å². The molecule has 3 fully saturated rings. The summed E-state index contributed by atoms with van der Waals surface area (Å²) in [5, 5.41) is 9.81. The third-order valence-electron chi connectivity index (χ3n) is 7.49. The Morgan fingerprint density at radius 3 is 2.79 bits per heavy atom. The van der Waals surface area contributed by atoms with Gasteiger partial charge in [0.2, 0.25) is 0 Å². The second kappa shape index (κ2) is 5.21. The van der Waals surface area contributed by atoms with Crippen LogP contribution in [-0.2, 0) is 15.9 Å². The molecule has 1 aromatic rings. The lowest BCUT2D eigenvalue weighted by Gasteiger charge is -2.52. The van der Waals surface area contributed by atoms with Crippen LogP contribution >= 0.6 is 15.9 Å². The second-order valence-electron chi connectivity index (χ2n) is 8.32. The summed E-state index contributed by atoms with van der Waals surface area (Å²) in [5.74, 6) is 1.95. The van der Waals surface area contributed by atoms with E-state index >= 15 is 0 Å². The Bertz CT molecular complexity index is 669. The number of fused-ring (bicyclic) bond motifs is 6. The van der Waals surface area contributed by atoms with Gasteiger partial charge < -0.3 is 14.6 Å². The summed E-state index contributed by atoms with van der Waals surface area (Å²) in [6.07, 6.45) is 5.80. The third kappa shape index (κ3) is 1.85. The molecule has 0 unspecified atom stereocenters. The largest absolute Gasteiger partial charge is 0.508 e. The average molecular weight is 393 g/mol. The number of ether oxygens (including phenoxy) is 2. The molecule has 1 aliphatic heterocycles. The van der Waals surface area contributed by atoms with Gasteiger partial charge in [-0.05, 0) is 73.1 Å². The van der Waals surface area contributed by atoms with Gasteiger partial charge in [0.1, 0.15) is 5.75 Å². The van der Waals surface area contributed by atoms with E-state index in [9.17, 15) is 5.11 Å².